The number of morpholine rings is 1. The maximum atomic E-state index is 12.7. The average Bonchev–Trinajstić information content (AvgIpc) is 3.09. The second kappa shape index (κ2) is 6.63. The van der Waals surface area contributed by atoms with Crippen LogP contribution in [0.2, 0.25) is 0 Å². The molecule has 1 spiro atoms. The van der Waals surface area contributed by atoms with Gasteiger partial charge in [-0.1, -0.05) is 0 Å². The maximum absolute atomic E-state index is 12.7. The molecule has 1 N–H and O–H groups in total. The lowest BCUT2D eigenvalue weighted by Gasteiger charge is -2.33. The quantitative estimate of drug-likeness (QED) is 0.859. The van der Waals surface area contributed by atoms with Crippen LogP contribution in [0.4, 0.5) is 5.82 Å². The van der Waals surface area contributed by atoms with Crippen molar-refractivity contribution in [1.29, 1.82) is 0 Å². The summed E-state index contributed by atoms with van der Waals surface area (Å²) in [7, 11) is 0. The SMILES string of the molecule is O=C1COC2(CCN(c3cc(C(=O)N4CCCCC4)ccn3)C2)CN1. The summed E-state index contributed by atoms with van der Waals surface area (Å²) in [5, 5.41) is 2.89. The Kier molecular flexibility index (Phi) is 4.33. The van der Waals surface area contributed by atoms with Crippen molar-refractivity contribution in [1.82, 2.24) is 15.2 Å². The standard InChI is InChI=1S/C18H24N4O3/c23-16-11-25-18(12-20-16)5-9-22(13-18)15-10-14(4-6-19-15)17(24)21-7-2-1-3-8-21/h4,6,10H,1-3,5,7-9,11-13H2,(H,20,23). The summed E-state index contributed by atoms with van der Waals surface area (Å²) < 4.78 is 5.81. The normalized spacial score (nSPS) is 26.8. The molecule has 3 aliphatic heterocycles. The monoisotopic (exact) mass is 344 g/mol. The molecule has 0 saturated carbocycles. The van der Waals surface area contributed by atoms with Crippen LogP contribution < -0.4 is 10.2 Å². The lowest BCUT2D eigenvalue weighted by atomic mass is 10.0. The maximum Gasteiger partial charge on any atom is 0.254 e. The largest absolute Gasteiger partial charge is 0.361 e. The van der Waals surface area contributed by atoms with Gasteiger partial charge in [0, 0.05) is 37.9 Å². The highest BCUT2D eigenvalue weighted by Crippen LogP contribution is 2.30. The van der Waals surface area contributed by atoms with Gasteiger partial charge in [-0.2, -0.15) is 0 Å². The van der Waals surface area contributed by atoms with Crippen LogP contribution in [-0.2, 0) is 9.53 Å². The summed E-state index contributed by atoms with van der Waals surface area (Å²) in [6, 6.07) is 3.68. The Morgan fingerprint density at radius 1 is 1.24 bits per heavy atom. The number of aromatic nitrogens is 1. The first-order valence-electron chi connectivity index (χ1n) is 9.06. The second-order valence-electron chi connectivity index (χ2n) is 7.18. The first-order valence-corrected chi connectivity index (χ1v) is 9.06. The van der Waals surface area contributed by atoms with Crippen LogP contribution in [0.5, 0.6) is 0 Å². The van der Waals surface area contributed by atoms with Gasteiger partial charge in [-0.25, -0.2) is 4.98 Å². The van der Waals surface area contributed by atoms with Gasteiger partial charge in [0.05, 0.1) is 6.54 Å². The van der Waals surface area contributed by atoms with E-state index < -0.39 is 0 Å². The number of rotatable bonds is 2. The summed E-state index contributed by atoms with van der Waals surface area (Å²) in [5.74, 6) is 0.843. The summed E-state index contributed by atoms with van der Waals surface area (Å²) in [6.07, 6.45) is 5.93. The van der Waals surface area contributed by atoms with E-state index in [1.807, 2.05) is 11.0 Å². The molecule has 7 nitrogen and oxygen atoms in total. The van der Waals surface area contributed by atoms with Gasteiger partial charge in [0.25, 0.3) is 5.91 Å². The fourth-order valence-corrected chi connectivity index (χ4v) is 3.89. The zero-order valence-electron chi connectivity index (χ0n) is 14.4. The van der Waals surface area contributed by atoms with Crippen molar-refractivity contribution in [2.45, 2.75) is 31.3 Å². The molecular weight excluding hydrogens is 320 g/mol. The van der Waals surface area contributed by atoms with Crippen LogP contribution in [-0.4, -0.2) is 66.6 Å². The van der Waals surface area contributed by atoms with Crippen molar-refractivity contribution in [2.75, 3.05) is 44.2 Å². The highest BCUT2D eigenvalue weighted by atomic mass is 16.5. The third-order valence-corrected chi connectivity index (χ3v) is 5.39. The molecule has 0 radical (unpaired) electrons. The molecule has 3 saturated heterocycles. The number of nitrogens with one attached hydrogen (secondary N) is 1. The fourth-order valence-electron chi connectivity index (χ4n) is 3.89. The molecule has 25 heavy (non-hydrogen) atoms. The van der Waals surface area contributed by atoms with E-state index in [2.05, 4.69) is 15.2 Å². The molecule has 0 aromatic carbocycles. The van der Waals surface area contributed by atoms with Crippen molar-refractivity contribution in [3.63, 3.8) is 0 Å². The summed E-state index contributed by atoms with van der Waals surface area (Å²) >= 11 is 0. The number of ether oxygens (including phenoxy) is 1. The van der Waals surface area contributed by atoms with Crippen LogP contribution in [0, 0.1) is 0 Å². The topological polar surface area (TPSA) is 74.8 Å². The minimum absolute atomic E-state index is 0.0590. The summed E-state index contributed by atoms with van der Waals surface area (Å²) in [5.41, 5.74) is 0.369. The number of likely N-dealkylation sites (tertiary alicyclic amines) is 1. The number of carbonyl (C=O) groups is 2. The molecule has 2 amide bonds. The first-order chi connectivity index (χ1) is 12.2. The van der Waals surface area contributed by atoms with Crippen molar-refractivity contribution in [3.8, 4) is 0 Å². The Hall–Kier alpha value is -2.15. The number of piperidine rings is 1. The van der Waals surface area contributed by atoms with Crippen molar-refractivity contribution in [3.05, 3.63) is 23.9 Å². The van der Waals surface area contributed by atoms with E-state index in [-0.39, 0.29) is 24.0 Å². The van der Waals surface area contributed by atoms with Gasteiger partial charge < -0.3 is 19.9 Å². The van der Waals surface area contributed by atoms with Crippen LogP contribution in [0.1, 0.15) is 36.0 Å². The van der Waals surface area contributed by atoms with E-state index in [1.165, 1.54) is 6.42 Å². The first kappa shape index (κ1) is 16.3. The minimum atomic E-state index is -0.331. The molecule has 1 unspecified atom stereocenters. The van der Waals surface area contributed by atoms with Crippen LogP contribution in [0.3, 0.4) is 0 Å². The van der Waals surface area contributed by atoms with Crippen LogP contribution in [0.15, 0.2) is 18.3 Å². The molecule has 0 aliphatic carbocycles. The highest BCUT2D eigenvalue weighted by Gasteiger charge is 2.42. The third kappa shape index (κ3) is 3.33. The van der Waals surface area contributed by atoms with Crippen molar-refractivity contribution in [2.24, 2.45) is 0 Å². The van der Waals surface area contributed by atoms with Gasteiger partial charge in [0.2, 0.25) is 5.91 Å². The summed E-state index contributed by atoms with van der Waals surface area (Å²) in [4.78, 5) is 32.6. The van der Waals surface area contributed by atoms with E-state index in [0.29, 0.717) is 18.7 Å². The number of hydrogen-bond acceptors (Lipinski definition) is 5. The molecule has 1 aromatic rings. The number of pyridine rings is 1. The van der Waals surface area contributed by atoms with Gasteiger partial charge >= 0.3 is 0 Å². The molecule has 7 heteroatoms. The Morgan fingerprint density at radius 2 is 2.08 bits per heavy atom. The lowest BCUT2D eigenvalue weighted by molar-refractivity contribution is -0.141. The lowest BCUT2D eigenvalue weighted by Crippen LogP contribution is -2.53. The Bertz CT molecular complexity index is 662. The molecule has 3 aliphatic rings. The molecule has 1 aromatic heterocycles. The summed E-state index contributed by atoms with van der Waals surface area (Å²) in [6.45, 7) is 3.84. The number of hydrogen-bond donors (Lipinski definition) is 1. The predicted molar refractivity (Wildman–Crippen MR) is 92.5 cm³/mol. The fraction of sp³-hybridized carbons (Fsp3) is 0.611. The third-order valence-electron chi connectivity index (χ3n) is 5.39. The zero-order chi connectivity index (χ0) is 17.3. The molecule has 134 valence electrons. The zero-order valence-corrected chi connectivity index (χ0v) is 14.4. The van der Waals surface area contributed by atoms with E-state index in [1.54, 1.807) is 12.3 Å². The average molecular weight is 344 g/mol. The molecular formula is C18H24N4O3. The second-order valence-corrected chi connectivity index (χ2v) is 7.18. The van der Waals surface area contributed by atoms with Gasteiger partial charge in [0.1, 0.15) is 18.0 Å². The van der Waals surface area contributed by atoms with E-state index in [4.69, 9.17) is 4.74 Å². The number of anilines is 1. The van der Waals surface area contributed by atoms with Gasteiger partial charge in [0.15, 0.2) is 0 Å². The van der Waals surface area contributed by atoms with Gasteiger partial charge in [-0.3, -0.25) is 9.59 Å². The van der Waals surface area contributed by atoms with Crippen molar-refractivity contribution >= 4 is 17.6 Å². The molecule has 4 rings (SSSR count). The molecule has 4 heterocycles. The Morgan fingerprint density at radius 3 is 2.84 bits per heavy atom. The van der Waals surface area contributed by atoms with Gasteiger partial charge in [-0.15, -0.1) is 0 Å². The molecule has 0 bridgehead atoms. The number of nitrogens with zero attached hydrogens (tertiary/aromatic N) is 3. The smallest absolute Gasteiger partial charge is 0.254 e. The van der Waals surface area contributed by atoms with Crippen LogP contribution >= 0.6 is 0 Å². The number of carbonyl (C=O) groups excluding carboxylic acids is 2. The molecule has 3 fully saturated rings. The molecule has 1 atom stereocenters. The van der Waals surface area contributed by atoms with E-state index in [0.717, 1.165) is 44.7 Å². The Balaban J connectivity index is 1.46. The van der Waals surface area contributed by atoms with E-state index in [9.17, 15) is 9.59 Å². The van der Waals surface area contributed by atoms with Gasteiger partial charge in [-0.05, 0) is 37.8 Å². The highest BCUT2D eigenvalue weighted by molar-refractivity contribution is 5.95. The van der Waals surface area contributed by atoms with E-state index >= 15 is 0 Å². The predicted octanol–water partition coefficient (Wildman–Crippen LogP) is 0.803. The Labute approximate surface area is 147 Å². The number of amides is 2. The minimum Gasteiger partial charge on any atom is -0.361 e. The van der Waals surface area contributed by atoms with Crippen LogP contribution in [0.25, 0.3) is 0 Å². The van der Waals surface area contributed by atoms with Crippen molar-refractivity contribution < 1.29 is 14.3 Å².